The number of benzene rings is 1. The van der Waals surface area contributed by atoms with Crippen LogP contribution in [0.2, 0.25) is 0 Å². The zero-order chi connectivity index (χ0) is 11.5. The molecule has 0 aliphatic rings. The number of fused-ring (bicyclic) bond motifs is 1. The Kier molecular flexibility index (Phi) is 2.55. The van der Waals surface area contributed by atoms with Crippen LogP contribution in [0.4, 0.5) is 0 Å². The maximum atomic E-state index is 11.5. The lowest BCUT2D eigenvalue weighted by molar-refractivity contribution is -0.113. The molecule has 1 aromatic carbocycles. The summed E-state index contributed by atoms with van der Waals surface area (Å²) in [5, 5.41) is 0.592. The Morgan fingerprint density at radius 2 is 2.12 bits per heavy atom. The van der Waals surface area contributed by atoms with E-state index in [2.05, 4.69) is 4.98 Å². The average molecular weight is 214 g/mol. The molecular weight excluding hydrogens is 204 g/mol. The summed E-state index contributed by atoms with van der Waals surface area (Å²) in [5.74, 6) is -0.518. The van der Waals surface area contributed by atoms with Crippen molar-refractivity contribution in [3.8, 4) is 0 Å². The first-order valence-corrected chi connectivity index (χ1v) is 4.76. The van der Waals surface area contributed by atoms with Crippen LogP contribution in [0.25, 0.3) is 17.0 Å². The van der Waals surface area contributed by atoms with Gasteiger partial charge in [0.05, 0.1) is 5.52 Å². The number of rotatable bonds is 2. The van der Waals surface area contributed by atoms with Crippen LogP contribution in [0.15, 0.2) is 41.3 Å². The molecule has 0 saturated heterocycles. The van der Waals surface area contributed by atoms with Crippen molar-refractivity contribution in [2.75, 3.05) is 0 Å². The molecule has 1 amide bonds. The molecule has 1 aromatic heterocycles. The van der Waals surface area contributed by atoms with Crippen LogP contribution in [0.1, 0.15) is 5.56 Å². The SMILES string of the molecule is NC(=O)C=Cc1cccc2c(=O)cc[nH]c12. The van der Waals surface area contributed by atoms with E-state index < -0.39 is 5.91 Å². The second kappa shape index (κ2) is 4.02. The summed E-state index contributed by atoms with van der Waals surface area (Å²) in [7, 11) is 0. The van der Waals surface area contributed by atoms with Crippen LogP contribution in [0.3, 0.4) is 0 Å². The molecule has 4 heteroatoms. The van der Waals surface area contributed by atoms with Crippen molar-refractivity contribution in [3.05, 3.63) is 52.3 Å². The number of amides is 1. The van der Waals surface area contributed by atoms with E-state index in [1.165, 1.54) is 12.1 Å². The van der Waals surface area contributed by atoms with Gasteiger partial charge in [-0.3, -0.25) is 9.59 Å². The largest absolute Gasteiger partial charge is 0.366 e. The zero-order valence-corrected chi connectivity index (χ0v) is 8.44. The van der Waals surface area contributed by atoms with Gasteiger partial charge in [0.15, 0.2) is 5.43 Å². The van der Waals surface area contributed by atoms with Crippen LogP contribution >= 0.6 is 0 Å². The number of carbonyl (C=O) groups excluding carboxylic acids is 1. The number of aromatic nitrogens is 1. The number of hydrogen-bond donors (Lipinski definition) is 2. The summed E-state index contributed by atoms with van der Waals surface area (Å²) in [6.07, 6.45) is 4.42. The number of aromatic amines is 1. The van der Waals surface area contributed by atoms with Crippen molar-refractivity contribution < 1.29 is 4.79 Å². The molecule has 0 saturated carbocycles. The molecule has 0 aliphatic carbocycles. The van der Waals surface area contributed by atoms with Gasteiger partial charge in [0.2, 0.25) is 5.91 Å². The Bertz CT molecular complexity index is 626. The fourth-order valence-corrected chi connectivity index (χ4v) is 1.54. The Morgan fingerprint density at radius 3 is 2.88 bits per heavy atom. The molecule has 0 bridgehead atoms. The molecule has 2 aromatic rings. The predicted molar refractivity (Wildman–Crippen MR) is 62.8 cm³/mol. The highest BCUT2D eigenvalue weighted by Gasteiger charge is 2.00. The number of para-hydroxylation sites is 1. The Morgan fingerprint density at radius 1 is 1.31 bits per heavy atom. The first-order valence-electron chi connectivity index (χ1n) is 4.76. The minimum atomic E-state index is -0.518. The first-order chi connectivity index (χ1) is 7.68. The van der Waals surface area contributed by atoms with Crippen LogP contribution in [-0.4, -0.2) is 10.9 Å². The number of nitrogens with one attached hydrogen (secondary N) is 1. The number of nitrogens with two attached hydrogens (primary N) is 1. The van der Waals surface area contributed by atoms with Crippen LogP contribution in [-0.2, 0) is 4.79 Å². The maximum absolute atomic E-state index is 11.5. The van der Waals surface area contributed by atoms with E-state index in [9.17, 15) is 9.59 Å². The molecule has 0 radical (unpaired) electrons. The summed E-state index contributed by atoms with van der Waals surface area (Å²) < 4.78 is 0. The highest BCUT2D eigenvalue weighted by atomic mass is 16.1. The lowest BCUT2D eigenvalue weighted by Gasteiger charge is -2.00. The number of carbonyl (C=O) groups is 1. The van der Waals surface area contributed by atoms with Gasteiger partial charge in [-0.25, -0.2) is 0 Å². The van der Waals surface area contributed by atoms with Gasteiger partial charge >= 0.3 is 0 Å². The van der Waals surface area contributed by atoms with E-state index in [0.29, 0.717) is 10.9 Å². The number of H-pyrrole nitrogens is 1. The summed E-state index contributed by atoms with van der Waals surface area (Å²) in [5.41, 5.74) is 6.42. The second-order valence-corrected chi connectivity index (χ2v) is 3.35. The number of primary amides is 1. The topological polar surface area (TPSA) is 76.0 Å². The molecule has 0 atom stereocenters. The average Bonchev–Trinajstić information content (AvgIpc) is 2.27. The molecule has 1 heterocycles. The van der Waals surface area contributed by atoms with E-state index in [-0.39, 0.29) is 5.43 Å². The van der Waals surface area contributed by atoms with Gasteiger partial charge in [-0.1, -0.05) is 12.1 Å². The molecule has 4 nitrogen and oxygen atoms in total. The molecular formula is C12H10N2O2. The van der Waals surface area contributed by atoms with Crippen LogP contribution in [0.5, 0.6) is 0 Å². The van der Waals surface area contributed by atoms with E-state index >= 15 is 0 Å². The van der Waals surface area contributed by atoms with Gasteiger partial charge in [0.1, 0.15) is 0 Å². The summed E-state index contributed by atoms with van der Waals surface area (Å²) in [6, 6.07) is 6.76. The molecule has 3 N–H and O–H groups in total. The third-order valence-electron chi connectivity index (χ3n) is 2.25. The minimum absolute atomic E-state index is 0.0527. The lowest BCUT2D eigenvalue weighted by Crippen LogP contribution is -2.05. The third-order valence-corrected chi connectivity index (χ3v) is 2.25. The van der Waals surface area contributed by atoms with Gasteiger partial charge in [-0.05, 0) is 17.7 Å². The third kappa shape index (κ3) is 1.86. The molecule has 0 fully saturated rings. The van der Waals surface area contributed by atoms with Gasteiger partial charge < -0.3 is 10.7 Å². The molecule has 16 heavy (non-hydrogen) atoms. The summed E-state index contributed by atoms with van der Waals surface area (Å²) in [4.78, 5) is 25.2. The van der Waals surface area contributed by atoms with Crippen molar-refractivity contribution in [3.63, 3.8) is 0 Å². The highest BCUT2D eigenvalue weighted by molar-refractivity contribution is 5.94. The van der Waals surface area contributed by atoms with E-state index in [0.717, 1.165) is 5.56 Å². The first kappa shape index (κ1) is 10.2. The molecule has 80 valence electrons. The zero-order valence-electron chi connectivity index (χ0n) is 8.44. The smallest absolute Gasteiger partial charge is 0.241 e. The van der Waals surface area contributed by atoms with Crippen LogP contribution < -0.4 is 11.2 Å². The quantitative estimate of drug-likeness (QED) is 0.732. The second-order valence-electron chi connectivity index (χ2n) is 3.35. The van der Waals surface area contributed by atoms with Crippen molar-refractivity contribution in [2.45, 2.75) is 0 Å². The summed E-state index contributed by atoms with van der Waals surface area (Å²) in [6.45, 7) is 0. The van der Waals surface area contributed by atoms with Gasteiger partial charge in [0, 0.05) is 23.7 Å². The van der Waals surface area contributed by atoms with Gasteiger partial charge in [-0.2, -0.15) is 0 Å². The van der Waals surface area contributed by atoms with Crippen molar-refractivity contribution in [1.29, 1.82) is 0 Å². The fourth-order valence-electron chi connectivity index (χ4n) is 1.54. The molecule has 2 rings (SSSR count). The van der Waals surface area contributed by atoms with Crippen molar-refractivity contribution in [2.24, 2.45) is 5.73 Å². The maximum Gasteiger partial charge on any atom is 0.241 e. The molecule has 0 unspecified atom stereocenters. The van der Waals surface area contributed by atoms with E-state index in [4.69, 9.17) is 5.73 Å². The van der Waals surface area contributed by atoms with Crippen molar-refractivity contribution >= 4 is 22.9 Å². The Hall–Kier alpha value is -2.36. The molecule has 0 aliphatic heterocycles. The van der Waals surface area contributed by atoms with E-state index in [1.54, 1.807) is 30.5 Å². The standard InChI is InChI=1S/C12H10N2O2/c13-11(16)5-4-8-2-1-3-9-10(15)6-7-14-12(8)9/h1-7H,(H2,13,16)(H,14,15). The van der Waals surface area contributed by atoms with E-state index in [1.807, 2.05) is 0 Å². The predicted octanol–water partition coefficient (Wildman–Crippen LogP) is 1.03. The Balaban J connectivity index is 2.67. The van der Waals surface area contributed by atoms with Crippen molar-refractivity contribution in [1.82, 2.24) is 4.98 Å². The van der Waals surface area contributed by atoms with Gasteiger partial charge in [-0.15, -0.1) is 0 Å². The monoisotopic (exact) mass is 214 g/mol. The number of pyridine rings is 1. The van der Waals surface area contributed by atoms with Crippen LogP contribution in [0, 0.1) is 0 Å². The number of hydrogen-bond acceptors (Lipinski definition) is 2. The fraction of sp³-hybridized carbons (Fsp3) is 0. The summed E-state index contributed by atoms with van der Waals surface area (Å²) >= 11 is 0. The highest BCUT2D eigenvalue weighted by Crippen LogP contribution is 2.14. The minimum Gasteiger partial charge on any atom is -0.366 e. The normalized spacial score (nSPS) is 11.0. The lowest BCUT2D eigenvalue weighted by atomic mass is 10.1. The Labute approximate surface area is 91.4 Å². The van der Waals surface area contributed by atoms with Gasteiger partial charge in [0.25, 0.3) is 0 Å². The molecule has 0 spiro atoms.